The van der Waals surface area contributed by atoms with Crippen molar-refractivity contribution in [1.82, 2.24) is 10.2 Å². The molecule has 1 rings (SSSR count). The smallest absolute Gasteiger partial charge is 0.323 e. The lowest BCUT2D eigenvalue weighted by Crippen LogP contribution is -2.42. The highest BCUT2D eigenvalue weighted by Gasteiger charge is 2.15. The molecule has 0 unspecified atom stereocenters. The highest BCUT2D eigenvalue weighted by atomic mass is 16.4. The fourth-order valence-electron chi connectivity index (χ4n) is 1.16. The molecule has 0 aliphatic rings. The van der Waals surface area contributed by atoms with Crippen molar-refractivity contribution in [1.29, 1.82) is 0 Å². The van der Waals surface area contributed by atoms with Gasteiger partial charge in [-0.1, -0.05) is 5.92 Å². The first-order chi connectivity index (χ1) is 8.13. The summed E-state index contributed by atoms with van der Waals surface area (Å²) in [6.45, 7) is -0.309. The van der Waals surface area contributed by atoms with Gasteiger partial charge in [-0.2, -0.15) is 0 Å². The molecule has 6 nitrogen and oxygen atoms in total. The number of nitrogens with one attached hydrogen (secondary N) is 1. The van der Waals surface area contributed by atoms with Crippen molar-refractivity contribution in [2.24, 2.45) is 0 Å². The van der Waals surface area contributed by atoms with Crippen LogP contribution < -0.4 is 5.32 Å². The first-order valence-electron chi connectivity index (χ1n) is 4.84. The van der Waals surface area contributed by atoms with Gasteiger partial charge in [-0.05, 0) is 12.1 Å². The SMILES string of the molecule is C#CCN(CC(=O)O)C(=O)NCc1ccco1. The van der Waals surface area contributed by atoms with Gasteiger partial charge in [0.05, 0.1) is 19.4 Å². The topological polar surface area (TPSA) is 82.8 Å². The lowest BCUT2D eigenvalue weighted by molar-refractivity contribution is -0.137. The predicted molar refractivity (Wildman–Crippen MR) is 59.0 cm³/mol. The molecular weight excluding hydrogens is 224 g/mol. The van der Waals surface area contributed by atoms with Crippen LogP contribution in [0.2, 0.25) is 0 Å². The second-order valence-electron chi connectivity index (χ2n) is 3.19. The van der Waals surface area contributed by atoms with Crippen molar-refractivity contribution in [3.05, 3.63) is 24.2 Å². The molecule has 90 valence electrons. The average Bonchev–Trinajstić information content (AvgIpc) is 2.77. The molecule has 0 aliphatic heterocycles. The molecule has 0 saturated carbocycles. The summed E-state index contributed by atoms with van der Waals surface area (Å²) in [4.78, 5) is 23.1. The third-order valence-electron chi connectivity index (χ3n) is 1.89. The Labute approximate surface area is 98.2 Å². The highest BCUT2D eigenvalue weighted by Crippen LogP contribution is 1.99. The second-order valence-corrected chi connectivity index (χ2v) is 3.19. The lowest BCUT2D eigenvalue weighted by atomic mass is 10.4. The van der Waals surface area contributed by atoms with Crippen LogP contribution in [0.15, 0.2) is 22.8 Å². The summed E-state index contributed by atoms with van der Waals surface area (Å²) in [6, 6.07) is 2.85. The van der Waals surface area contributed by atoms with E-state index in [-0.39, 0.29) is 13.1 Å². The first-order valence-corrected chi connectivity index (χ1v) is 4.84. The Morgan fingerprint density at radius 1 is 1.59 bits per heavy atom. The van der Waals surface area contributed by atoms with Crippen molar-refractivity contribution >= 4 is 12.0 Å². The van der Waals surface area contributed by atoms with Crippen molar-refractivity contribution in [2.75, 3.05) is 13.1 Å². The molecule has 0 aromatic carbocycles. The summed E-state index contributed by atoms with van der Waals surface area (Å²) in [5.41, 5.74) is 0. The standard InChI is InChI=1S/C11H12N2O4/c1-2-5-13(8-10(14)15)11(16)12-7-9-4-3-6-17-9/h1,3-4,6H,5,7-8H2,(H,12,16)(H,14,15). The van der Waals surface area contributed by atoms with Gasteiger partial charge in [-0.25, -0.2) is 4.79 Å². The fourth-order valence-corrected chi connectivity index (χ4v) is 1.16. The summed E-state index contributed by atoms with van der Waals surface area (Å²) in [5, 5.41) is 11.1. The number of rotatable bonds is 5. The number of urea groups is 1. The largest absolute Gasteiger partial charge is 0.480 e. The molecule has 17 heavy (non-hydrogen) atoms. The summed E-state index contributed by atoms with van der Waals surface area (Å²) in [7, 11) is 0. The molecule has 1 aromatic rings. The molecule has 2 N–H and O–H groups in total. The molecule has 2 amide bonds. The van der Waals surface area contributed by atoms with Gasteiger partial charge in [0.1, 0.15) is 12.3 Å². The number of amides is 2. The van der Waals surface area contributed by atoms with Crippen LogP contribution in [0.4, 0.5) is 4.79 Å². The minimum Gasteiger partial charge on any atom is -0.480 e. The van der Waals surface area contributed by atoms with E-state index in [0.29, 0.717) is 5.76 Å². The van der Waals surface area contributed by atoms with E-state index in [1.54, 1.807) is 12.1 Å². The van der Waals surface area contributed by atoms with E-state index in [1.165, 1.54) is 6.26 Å². The Bertz CT molecular complexity index is 419. The van der Waals surface area contributed by atoms with Gasteiger partial charge in [0.25, 0.3) is 0 Å². The molecule has 6 heteroatoms. The molecule has 0 atom stereocenters. The summed E-state index contributed by atoms with van der Waals surface area (Å²) in [6.07, 6.45) is 6.53. The van der Waals surface area contributed by atoms with Gasteiger partial charge >= 0.3 is 12.0 Å². The quantitative estimate of drug-likeness (QED) is 0.730. The Hall–Kier alpha value is -2.42. The number of nitrogens with zero attached hydrogens (tertiary/aromatic N) is 1. The number of carboxylic acid groups (broad SMARTS) is 1. The lowest BCUT2D eigenvalue weighted by Gasteiger charge is -2.17. The normalized spacial score (nSPS) is 9.35. The maximum absolute atomic E-state index is 11.6. The van der Waals surface area contributed by atoms with Gasteiger partial charge in [-0.15, -0.1) is 6.42 Å². The second kappa shape index (κ2) is 6.23. The van der Waals surface area contributed by atoms with Crippen LogP contribution in [0.3, 0.4) is 0 Å². The molecule has 1 aromatic heterocycles. The maximum atomic E-state index is 11.6. The van der Waals surface area contributed by atoms with Crippen LogP contribution in [0.25, 0.3) is 0 Å². The molecule has 1 heterocycles. The van der Waals surface area contributed by atoms with Gasteiger partial charge < -0.3 is 19.7 Å². The third-order valence-corrected chi connectivity index (χ3v) is 1.89. The average molecular weight is 236 g/mol. The summed E-state index contributed by atoms with van der Waals surface area (Å²) in [5.74, 6) is 1.69. The number of carbonyl (C=O) groups is 2. The Morgan fingerprint density at radius 2 is 2.35 bits per heavy atom. The van der Waals surface area contributed by atoms with E-state index in [1.807, 2.05) is 0 Å². The molecule has 0 radical (unpaired) electrons. The van der Waals surface area contributed by atoms with Crippen molar-refractivity contribution in [3.8, 4) is 12.3 Å². The Kier molecular flexibility index (Phi) is 4.63. The van der Waals surface area contributed by atoms with Gasteiger partial charge in [0.2, 0.25) is 0 Å². The van der Waals surface area contributed by atoms with Crippen molar-refractivity contribution in [2.45, 2.75) is 6.54 Å². The van der Waals surface area contributed by atoms with Crippen LogP contribution >= 0.6 is 0 Å². The van der Waals surface area contributed by atoms with Crippen molar-refractivity contribution < 1.29 is 19.1 Å². The monoisotopic (exact) mass is 236 g/mol. The molecule has 0 bridgehead atoms. The number of carboxylic acids is 1. The predicted octanol–water partition coefficient (Wildman–Crippen LogP) is 0.509. The summed E-state index contributed by atoms with van der Waals surface area (Å²) < 4.78 is 5.01. The minimum absolute atomic E-state index is 0.0592. The zero-order valence-electron chi connectivity index (χ0n) is 9.05. The third kappa shape index (κ3) is 4.30. The van der Waals surface area contributed by atoms with Crippen LogP contribution in [0.1, 0.15) is 5.76 Å². The van der Waals surface area contributed by atoms with Crippen LogP contribution in [-0.2, 0) is 11.3 Å². The van der Waals surface area contributed by atoms with Crippen LogP contribution in [-0.4, -0.2) is 35.1 Å². The molecular formula is C11H12N2O4. The number of carbonyl (C=O) groups excluding carboxylic acids is 1. The van der Waals surface area contributed by atoms with Gasteiger partial charge in [0, 0.05) is 0 Å². The Morgan fingerprint density at radius 3 is 2.88 bits per heavy atom. The van der Waals surface area contributed by atoms with Crippen molar-refractivity contribution in [3.63, 3.8) is 0 Å². The van der Waals surface area contributed by atoms with E-state index in [9.17, 15) is 9.59 Å². The maximum Gasteiger partial charge on any atom is 0.323 e. The summed E-state index contributed by atoms with van der Waals surface area (Å²) >= 11 is 0. The molecule has 0 saturated heterocycles. The van der Waals surface area contributed by atoms with E-state index in [4.69, 9.17) is 15.9 Å². The van der Waals surface area contributed by atoms with Gasteiger partial charge in [0.15, 0.2) is 0 Å². The molecule has 0 fully saturated rings. The number of aliphatic carboxylic acids is 1. The van der Waals surface area contributed by atoms with E-state index in [0.717, 1.165) is 4.90 Å². The number of hydrogen-bond donors (Lipinski definition) is 2. The molecule has 0 aliphatic carbocycles. The molecule has 0 spiro atoms. The Balaban J connectivity index is 2.47. The van der Waals surface area contributed by atoms with Crippen LogP contribution in [0.5, 0.6) is 0 Å². The number of terminal acetylenes is 1. The fraction of sp³-hybridized carbons (Fsp3) is 0.273. The zero-order chi connectivity index (χ0) is 12.7. The number of furan rings is 1. The van der Waals surface area contributed by atoms with E-state index in [2.05, 4.69) is 11.2 Å². The highest BCUT2D eigenvalue weighted by molar-refractivity contribution is 5.80. The minimum atomic E-state index is -1.12. The van der Waals surface area contributed by atoms with Crippen LogP contribution in [0, 0.1) is 12.3 Å². The number of hydrogen-bond acceptors (Lipinski definition) is 3. The first kappa shape index (κ1) is 12.6. The van der Waals surface area contributed by atoms with Gasteiger partial charge in [-0.3, -0.25) is 4.79 Å². The zero-order valence-corrected chi connectivity index (χ0v) is 9.05. The van der Waals surface area contributed by atoms with E-state index < -0.39 is 18.5 Å². The van der Waals surface area contributed by atoms with E-state index >= 15 is 0 Å².